The van der Waals surface area contributed by atoms with Crippen LogP contribution < -0.4 is 0 Å². The number of H-pyrrole nitrogens is 1. The molecule has 8 heteroatoms. The number of hydrogen-bond donors (Lipinski definition) is 1. The van der Waals surface area contributed by atoms with E-state index in [0.29, 0.717) is 25.3 Å². The topological polar surface area (TPSA) is 86.4 Å². The minimum atomic E-state index is -3.16. The van der Waals surface area contributed by atoms with Gasteiger partial charge in [-0.2, -0.15) is 5.10 Å². The summed E-state index contributed by atoms with van der Waals surface area (Å²) in [7, 11) is -3.16. The lowest BCUT2D eigenvalue weighted by Gasteiger charge is -2.43. The summed E-state index contributed by atoms with van der Waals surface area (Å²) in [5.41, 5.74) is 2.31. The van der Waals surface area contributed by atoms with E-state index in [9.17, 15) is 13.2 Å². The molecule has 26 heavy (non-hydrogen) atoms. The molecule has 7 nitrogen and oxygen atoms in total. The lowest BCUT2D eigenvalue weighted by molar-refractivity contribution is 0.0301. The number of nitrogens with one attached hydrogen (secondary N) is 1. The third-order valence-electron chi connectivity index (χ3n) is 5.21. The van der Waals surface area contributed by atoms with Crippen LogP contribution in [0.4, 0.5) is 0 Å². The molecule has 3 heterocycles. The van der Waals surface area contributed by atoms with Gasteiger partial charge >= 0.3 is 0 Å². The maximum Gasteiger partial charge on any atom is 0.274 e. The summed E-state index contributed by atoms with van der Waals surface area (Å²) in [5, 5.41) is 6.83. The summed E-state index contributed by atoms with van der Waals surface area (Å²) < 4.78 is 24.6. The Labute approximate surface area is 152 Å². The number of sulfone groups is 1. The number of carbonyl (C=O) groups excluding carboxylic acids is 1. The van der Waals surface area contributed by atoms with E-state index in [0.717, 1.165) is 11.3 Å². The summed E-state index contributed by atoms with van der Waals surface area (Å²) in [6, 6.07) is 11.2. The lowest BCUT2D eigenvalue weighted by Crippen LogP contribution is -2.60. The molecule has 2 atom stereocenters. The molecule has 2 aliphatic heterocycles. The second-order valence-corrected chi connectivity index (χ2v) is 9.26. The number of rotatable bonds is 3. The Morgan fingerprint density at radius 3 is 2.62 bits per heavy atom. The van der Waals surface area contributed by atoms with Crippen molar-refractivity contribution in [3.05, 3.63) is 53.3 Å². The normalized spacial score (nSPS) is 25.2. The molecule has 1 aromatic carbocycles. The first kappa shape index (κ1) is 17.2. The van der Waals surface area contributed by atoms with Gasteiger partial charge in [-0.15, -0.1) is 0 Å². The molecule has 0 aliphatic carbocycles. The molecule has 0 saturated carbocycles. The first-order valence-corrected chi connectivity index (χ1v) is 10.6. The van der Waals surface area contributed by atoms with E-state index < -0.39 is 9.84 Å². The second kappa shape index (κ2) is 6.51. The van der Waals surface area contributed by atoms with Crippen molar-refractivity contribution < 1.29 is 13.2 Å². The van der Waals surface area contributed by atoms with Crippen LogP contribution in [0.1, 0.15) is 21.7 Å². The molecule has 1 N–H and O–H groups in total. The van der Waals surface area contributed by atoms with Crippen LogP contribution in [0.3, 0.4) is 0 Å². The molecule has 2 fully saturated rings. The quantitative estimate of drug-likeness (QED) is 0.860. The Balaban J connectivity index is 1.58. The standard InChI is InChI=1S/C18H22N4O3S/c1-13-9-15(20-19-13)18(23)22-8-7-21(10-14-5-3-2-4-6-14)16-11-26(24,25)12-17(16)22/h2-6,9,16-17H,7-8,10-12H2,1H3,(H,19,20)/t16-,17+/m1/s1. The Hall–Kier alpha value is -2.19. The van der Waals surface area contributed by atoms with Crippen LogP contribution in [0, 0.1) is 6.92 Å². The Morgan fingerprint density at radius 1 is 1.19 bits per heavy atom. The van der Waals surface area contributed by atoms with Crippen molar-refractivity contribution in [1.29, 1.82) is 0 Å². The van der Waals surface area contributed by atoms with Crippen LogP contribution in [0.25, 0.3) is 0 Å². The van der Waals surface area contributed by atoms with Gasteiger partial charge in [0.05, 0.1) is 17.5 Å². The van der Waals surface area contributed by atoms with Crippen LogP contribution in [-0.4, -0.2) is 71.0 Å². The summed E-state index contributed by atoms with van der Waals surface area (Å²) in [4.78, 5) is 16.8. The number of amides is 1. The third-order valence-corrected chi connectivity index (χ3v) is 6.90. The van der Waals surface area contributed by atoms with Crippen molar-refractivity contribution in [2.45, 2.75) is 25.6 Å². The highest BCUT2D eigenvalue weighted by Gasteiger charge is 2.48. The van der Waals surface area contributed by atoms with Crippen molar-refractivity contribution >= 4 is 15.7 Å². The molecule has 0 unspecified atom stereocenters. The van der Waals surface area contributed by atoms with E-state index >= 15 is 0 Å². The second-order valence-electron chi connectivity index (χ2n) is 7.10. The van der Waals surface area contributed by atoms with E-state index in [1.54, 1.807) is 11.0 Å². The fourth-order valence-corrected chi connectivity index (χ4v) is 5.98. The monoisotopic (exact) mass is 374 g/mol. The van der Waals surface area contributed by atoms with Gasteiger partial charge in [0.25, 0.3) is 5.91 Å². The zero-order chi connectivity index (χ0) is 18.3. The van der Waals surface area contributed by atoms with Gasteiger partial charge in [0.2, 0.25) is 0 Å². The number of aryl methyl sites for hydroxylation is 1. The molecular weight excluding hydrogens is 352 g/mol. The fraction of sp³-hybridized carbons (Fsp3) is 0.444. The van der Waals surface area contributed by atoms with Gasteiger partial charge in [0.15, 0.2) is 9.84 Å². The maximum atomic E-state index is 12.9. The van der Waals surface area contributed by atoms with Gasteiger partial charge in [0, 0.05) is 31.4 Å². The highest BCUT2D eigenvalue weighted by Crippen LogP contribution is 2.29. The average molecular weight is 374 g/mol. The molecule has 0 spiro atoms. The van der Waals surface area contributed by atoms with Gasteiger partial charge in [-0.25, -0.2) is 8.42 Å². The van der Waals surface area contributed by atoms with E-state index in [1.807, 2.05) is 37.3 Å². The smallest absolute Gasteiger partial charge is 0.274 e. The number of nitrogens with zero attached hydrogens (tertiary/aromatic N) is 3. The summed E-state index contributed by atoms with van der Waals surface area (Å²) in [6.45, 7) is 3.69. The number of carbonyl (C=O) groups is 1. The molecule has 0 radical (unpaired) electrons. The van der Waals surface area contributed by atoms with E-state index in [-0.39, 0.29) is 29.5 Å². The zero-order valence-corrected chi connectivity index (χ0v) is 15.4. The van der Waals surface area contributed by atoms with Crippen LogP contribution in [0.2, 0.25) is 0 Å². The first-order chi connectivity index (χ1) is 12.4. The minimum Gasteiger partial charge on any atom is -0.330 e. The fourth-order valence-electron chi connectivity index (χ4n) is 3.97. The zero-order valence-electron chi connectivity index (χ0n) is 14.6. The molecule has 0 bridgehead atoms. The number of piperazine rings is 1. The van der Waals surface area contributed by atoms with Crippen LogP contribution in [0.15, 0.2) is 36.4 Å². The van der Waals surface area contributed by atoms with Gasteiger partial charge in [-0.3, -0.25) is 14.8 Å². The van der Waals surface area contributed by atoms with E-state index in [1.165, 1.54) is 0 Å². The molecule has 1 aromatic heterocycles. The Morgan fingerprint density at radius 2 is 1.92 bits per heavy atom. The number of hydrogen-bond acceptors (Lipinski definition) is 5. The average Bonchev–Trinajstić information content (AvgIpc) is 3.18. The molecule has 2 saturated heterocycles. The highest BCUT2D eigenvalue weighted by molar-refractivity contribution is 7.91. The largest absolute Gasteiger partial charge is 0.330 e. The third kappa shape index (κ3) is 3.26. The van der Waals surface area contributed by atoms with Crippen molar-refractivity contribution in [3.8, 4) is 0 Å². The Bertz CT molecular complexity index is 910. The van der Waals surface area contributed by atoms with Gasteiger partial charge in [-0.1, -0.05) is 30.3 Å². The van der Waals surface area contributed by atoms with E-state index in [4.69, 9.17) is 0 Å². The van der Waals surface area contributed by atoms with Crippen LogP contribution in [-0.2, 0) is 16.4 Å². The van der Waals surface area contributed by atoms with Crippen molar-refractivity contribution in [2.75, 3.05) is 24.6 Å². The first-order valence-electron chi connectivity index (χ1n) is 8.74. The van der Waals surface area contributed by atoms with Gasteiger partial charge in [0.1, 0.15) is 5.69 Å². The summed E-state index contributed by atoms with van der Waals surface area (Å²) in [5.74, 6) is -0.0628. The van der Waals surface area contributed by atoms with Crippen molar-refractivity contribution in [2.24, 2.45) is 0 Å². The lowest BCUT2D eigenvalue weighted by atomic mass is 10.0. The maximum absolute atomic E-state index is 12.9. The molecule has 4 rings (SSSR count). The van der Waals surface area contributed by atoms with Crippen molar-refractivity contribution in [1.82, 2.24) is 20.0 Å². The van der Waals surface area contributed by atoms with Gasteiger partial charge in [-0.05, 0) is 18.6 Å². The van der Waals surface area contributed by atoms with Crippen molar-refractivity contribution in [3.63, 3.8) is 0 Å². The number of benzene rings is 1. The van der Waals surface area contributed by atoms with Crippen LogP contribution in [0.5, 0.6) is 0 Å². The molecule has 2 aromatic rings. The minimum absolute atomic E-state index is 0.0259. The summed E-state index contributed by atoms with van der Waals surface area (Å²) >= 11 is 0. The van der Waals surface area contributed by atoms with E-state index in [2.05, 4.69) is 15.1 Å². The van der Waals surface area contributed by atoms with Crippen LogP contribution >= 0.6 is 0 Å². The molecular formula is C18H22N4O3S. The number of fused-ring (bicyclic) bond motifs is 1. The molecule has 138 valence electrons. The Kier molecular flexibility index (Phi) is 4.32. The van der Waals surface area contributed by atoms with Gasteiger partial charge < -0.3 is 4.90 Å². The predicted molar refractivity (Wildman–Crippen MR) is 97.4 cm³/mol. The molecule has 1 amide bonds. The summed E-state index contributed by atoms with van der Waals surface area (Å²) in [6.07, 6.45) is 0. The highest BCUT2D eigenvalue weighted by atomic mass is 32.2. The molecule has 2 aliphatic rings. The number of aromatic amines is 1. The predicted octanol–water partition coefficient (Wildman–Crippen LogP) is 0.842. The SMILES string of the molecule is Cc1cc(C(=O)N2CCN(Cc3ccccc3)[C@@H]3CS(=O)(=O)C[C@@H]32)n[nH]1. The number of aromatic nitrogens is 2.